The minimum Gasteiger partial charge on any atom is -0.369 e. The van der Waals surface area contributed by atoms with Crippen molar-refractivity contribution in [2.75, 3.05) is 11.9 Å². The van der Waals surface area contributed by atoms with Gasteiger partial charge >= 0.3 is 0 Å². The summed E-state index contributed by atoms with van der Waals surface area (Å²) in [7, 11) is 1.84. The molecular weight excluding hydrogens is 263 g/mol. The highest BCUT2D eigenvalue weighted by molar-refractivity contribution is 6.31. The first kappa shape index (κ1) is 13.4. The number of benzene rings is 2. The number of hydrogen-bond donors (Lipinski definition) is 0. The van der Waals surface area contributed by atoms with Gasteiger partial charge in [0.2, 0.25) is 0 Å². The van der Waals surface area contributed by atoms with Crippen molar-refractivity contribution in [2.24, 2.45) is 0 Å². The number of para-hydroxylation sites is 1. The van der Waals surface area contributed by atoms with E-state index in [1.807, 2.05) is 30.1 Å². The van der Waals surface area contributed by atoms with Crippen molar-refractivity contribution in [1.82, 2.24) is 0 Å². The predicted molar refractivity (Wildman–Crippen MR) is 74.7 cm³/mol. The molecule has 0 fully saturated rings. The highest BCUT2D eigenvalue weighted by Crippen LogP contribution is 2.23. The Labute approximate surface area is 116 Å². The largest absolute Gasteiger partial charge is 0.369 e. The van der Waals surface area contributed by atoms with Crippen LogP contribution in [0, 0.1) is 17.1 Å². The molecule has 19 heavy (non-hydrogen) atoms. The fraction of sp³-hybridized carbons (Fsp3) is 0.133. The Hall–Kier alpha value is -2.05. The van der Waals surface area contributed by atoms with E-state index in [0.29, 0.717) is 22.7 Å². The van der Waals surface area contributed by atoms with E-state index in [1.54, 1.807) is 6.07 Å². The van der Waals surface area contributed by atoms with Crippen LogP contribution in [0.25, 0.3) is 0 Å². The first-order valence-electron chi connectivity index (χ1n) is 5.76. The molecule has 0 heterocycles. The Kier molecular flexibility index (Phi) is 4.03. The second-order valence-electron chi connectivity index (χ2n) is 4.22. The molecule has 2 aromatic carbocycles. The summed E-state index contributed by atoms with van der Waals surface area (Å²) in [5.41, 5.74) is 2.07. The van der Waals surface area contributed by atoms with Crippen molar-refractivity contribution >= 4 is 17.3 Å². The lowest BCUT2D eigenvalue weighted by molar-refractivity contribution is 0.625. The molecule has 0 amide bonds. The summed E-state index contributed by atoms with van der Waals surface area (Å²) in [4.78, 5) is 1.87. The molecule has 2 aromatic rings. The van der Waals surface area contributed by atoms with E-state index in [4.69, 9.17) is 16.9 Å². The van der Waals surface area contributed by atoms with E-state index >= 15 is 0 Å². The third-order valence-corrected chi connectivity index (χ3v) is 3.22. The highest BCUT2D eigenvalue weighted by atomic mass is 35.5. The van der Waals surface area contributed by atoms with Gasteiger partial charge in [-0.05, 0) is 35.9 Å². The molecule has 0 aliphatic carbocycles. The minimum atomic E-state index is -0.318. The average molecular weight is 275 g/mol. The van der Waals surface area contributed by atoms with Gasteiger partial charge in [0, 0.05) is 18.6 Å². The van der Waals surface area contributed by atoms with Crippen molar-refractivity contribution in [2.45, 2.75) is 6.54 Å². The predicted octanol–water partition coefficient (Wildman–Crippen LogP) is 3.99. The van der Waals surface area contributed by atoms with Gasteiger partial charge < -0.3 is 4.90 Å². The molecule has 0 N–H and O–H groups in total. The van der Waals surface area contributed by atoms with Gasteiger partial charge in [0.25, 0.3) is 0 Å². The maximum atomic E-state index is 13.2. The van der Waals surface area contributed by atoms with Gasteiger partial charge in [-0.15, -0.1) is 0 Å². The molecule has 2 rings (SSSR count). The quantitative estimate of drug-likeness (QED) is 0.846. The number of hydrogen-bond acceptors (Lipinski definition) is 2. The van der Waals surface area contributed by atoms with E-state index in [-0.39, 0.29) is 5.82 Å². The lowest BCUT2D eigenvalue weighted by Gasteiger charge is -2.21. The molecule has 2 nitrogen and oxygen atoms in total. The Balaban J connectivity index is 2.28. The SMILES string of the molecule is CN(Cc1cc(F)ccc1Cl)c1ccccc1C#N. The van der Waals surface area contributed by atoms with E-state index in [0.717, 1.165) is 5.69 Å². The fourth-order valence-corrected chi connectivity index (χ4v) is 2.08. The smallest absolute Gasteiger partial charge is 0.123 e. The normalized spacial score (nSPS) is 10.0. The zero-order valence-corrected chi connectivity index (χ0v) is 11.2. The molecular formula is C15H12ClFN2. The molecule has 0 spiro atoms. The zero-order valence-electron chi connectivity index (χ0n) is 10.4. The number of halogens is 2. The number of nitriles is 1. The van der Waals surface area contributed by atoms with Gasteiger partial charge in [0.1, 0.15) is 11.9 Å². The molecule has 0 aliphatic rings. The molecule has 0 aliphatic heterocycles. The molecule has 0 bridgehead atoms. The van der Waals surface area contributed by atoms with E-state index in [1.165, 1.54) is 18.2 Å². The maximum absolute atomic E-state index is 13.2. The van der Waals surface area contributed by atoms with Crippen molar-refractivity contribution < 1.29 is 4.39 Å². The number of anilines is 1. The topological polar surface area (TPSA) is 27.0 Å². The molecule has 4 heteroatoms. The highest BCUT2D eigenvalue weighted by Gasteiger charge is 2.09. The molecule has 0 unspecified atom stereocenters. The summed E-state index contributed by atoms with van der Waals surface area (Å²) in [6.45, 7) is 0.440. The van der Waals surface area contributed by atoms with Gasteiger partial charge in [-0.3, -0.25) is 0 Å². The maximum Gasteiger partial charge on any atom is 0.123 e. The Bertz CT molecular complexity index is 634. The number of nitrogens with zero attached hydrogens (tertiary/aromatic N) is 2. The third kappa shape index (κ3) is 3.04. The molecule has 0 atom stereocenters. The average Bonchev–Trinajstić information content (AvgIpc) is 2.42. The summed E-state index contributed by atoms with van der Waals surface area (Å²) in [5, 5.41) is 9.59. The summed E-state index contributed by atoms with van der Waals surface area (Å²) in [6, 6.07) is 13.7. The van der Waals surface area contributed by atoms with Crippen molar-refractivity contribution in [3.8, 4) is 6.07 Å². The van der Waals surface area contributed by atoms with E-state index in [2.05, 4.69) is 6.07 Å². The second kappa shape index (κ2) is 5.73. The van der Waals surface area contributed by atoms with Crippen molar-refractivity contribution in [3.63, 3.8) is 0 Å². The molecule has 96 valence electrons. The summed E-state index contributed by atoms with van der Waals surface area (Å²) >= 11 is 6.04. The van der Waals surface area contributed by atoms with Crippen LogP contribution in [0.15, 0.2) is 42.5 Å². The molecule has 0 aromatic heterocycles. The zero-order chi connectivity index (χ0) is 13.8. The van der Waals surface area contributed by atoms with Crippen LogP contribution in [-0.4, -0.2) is 7.05 Å². The molecule has 0 saturated heterocycles. The Morgan fingerprint density at radius 2 is 2.00 bits per heavy atom. The van der Waals surface area contributed by atoms with E-state index < -0.39 is 0 Å². The van der Waals surface area contributed by atoms with Crippen molar-refractivity contribution in [3.05, 3.63) is 64.4 Å². The van der Waals surface area contributed by atoms with E-state index in [9.17, 15) is 4.39 Å². The van der Waals surface area contributed by atoms with Crippen LogP contribution < -0.4 is 4.90 Å². The standard InChI is InChI=1S/C15H12ClFN2/c1-19(15-5-3-2-4-11(15)9-18)10-12-8-13(17)6-7-14(12)16/h2-8H,10H2,1H3. The van der Waals surface area contributed by atoms with Crippen LogP contribution in [0.5, 0.6) is 0 Å². The van der Waals surface area contributed by atoms with Gasteiger partial charge in [-0.2, -0.15) is 5.26 Å². The third-order valence-electron chi connectivity index (χ3n) is 2.85. The minimum absolute atomic E-state index is 0.318. The Morgan fingerprint density at radius 3 is 2.74 bits per heavy atom. The summed E-state index contributed by atoms with van der Waals surface area (Å²) in [5.74, 6) is -0.318. The van der Waals surface area contributed by atoms with Crippen LogP contribution >= 0.6 is 11.6 Å². The first-order valence-corrected chi connectivity index (χ1v) is 6.14. The van der Waals surface area contributed by atoms with Crippen LogP contribution in [0.3, 0.4) is 0 Å². The first-order chi connectivity index (χ1) is 9.11. The Morgan fingerprint density at radius 1 is 1.26 bits per heavy atom. The lowest BCUT2D eigenvalue weighted by Crippen LogP contribution is -2.17. The van der Waals surface area contributed by atoms with Gasteiger partial charge in [-0.1, -0.05) is 23.7 Å². The van der Waals surface area contributed by atoms with Crippen LogP contribution in [-0.2, 0) is 6.54 Å². The molecule has 0 saturated carbocycles. The van der Waals surface area contributed by atoms with Gasteiger partial charge in [0.15, 0.2) is 0 Å². The van der Waals surface area contributed by atoms with Crippen LogP contribution in [0.4, 0.5) is 10.1 Å². The fourth-order valence-electron chi connectivity index (χ4n) is 1.91. The van der Waals surface area contributed by atoms with Crippen molar-refractivity contribution in [1.29, 1.82) is 5.26 Å². The van der Waals surface area contributed by atoms with Gasteiger partial charge in [0.05, 0.1) is 11.3 Å². The molecule has 0 radical (unpaired) electrons. The van der Waals surface area contributed by atoms with Crippen LogP contribution in [0.1, 0.15) is 11.1 Å². The monoisotopic (exact) mass is 274 g/mol. The second-order valence-corrected chi connectivity index (χ2v) is 4.63. The number of rotatable bonds is 3. The van der Waals surface area contributed by atoms with Crippen LogP contribution in [0.2, 0.25) is 5.02 Å². The lowest BCUT2D eigenvalue weighted by atomic mass is 10.1. The van der Waals surface area contributed by atoms with Gasteiger partial charge in [-0.25, -0.2) is 4.39 Å². The summed E-state index contributed by atoms with van der Waals surface area (Å²) < 4.78 is 13.2. The summed E-state index contributed by atoms with van der Waals surface area (Å²) in [6.07, 6.45) is 0.